The van der Waals surface area contributed by atoms with Crippen LogP contribution in [0.1, 0.15) is 26.0 Å². The van der Waals surface area contributed by atoms with Crippen LogP contribution in [-0.2, 0) is 6.61 Å². The van der Waals surface area contributed by atoms with Gasteiger partial charge in [0.25, 0.3) is 0 Å². The molecule has 0 aliphatic carbocycles. The highest BCUT2D eigenvalue weighted by atomic mass is 16.5. The number of ether oxygens (including phenoxy) is 1. The van der Waals surface area contributed by atoms with Gasteiger partial charge in [0.2, 0.25) is 0 Å². The molecule has 2 aromatic rings. The molecule has 0 saturated carbocycles. The van der Waals surface area contributed by atoms with Crippen LogP contribution in [-0.4, -0.2) is 16.4 Å². The molecule has 0 amide bonds. The van der Waals surface area contributed by atoms with Crippen LogP contribution in [0.25, 0.3) is 11.3 Å². The lowest BCUT2D eigenvalue weighted by Crippen LogP contribution is -2.10. The number of hydrogen-bond acceptors (Lipinski definition) is 4. The number of benzene rings is 1. The van der Waals surface area contributed by atoms with E-state index in [0.717, 1.165) is 17.7 Å². The molecule has 96 valence electrons. The molecule has 0 spiro atoms. The summed E-state index contributed by atoms with van der Waals surface area (Å²) in [5.74, 6) is 1.38. The van der Waals surface area contributed by atoms with Crippen molar-refractivity contribution in [3.05, 3.63) is 36.0 Å². The third-order valence-corrected chi connectivity index (χ3v) is 2.78. The van der Waals surface area contributed by atoms with Crippen LogP contribution < -0.4 is 4.74 Å². The highest BCUT2D eigenvalue weighted by Crippen LogP contribution is 2.31. The SMILES string of the molecule is CCC(C)Oc1ccccc1-c1cc(CO)no1. The van der Waals surface area contributed by atoms with Gasteiger partial charge >= 0.3 is 0 Å². The van der Waals surface area contributed by atoms with E-state index in [0.29, 0.717) is 11.5 Å². The number of nitrogens with zero attached hydrogens (tertiary/aromatic N) is 1. The van der Waals surface area contributed by atoms with E-state index in [4.69, 9.17) is 14.4 Å². The van der Waals surface area contributed by atoms with Crippen molar-refractivity contribution in [3.63, 3.8) is 0 Å². The van der Waals surface area contributed by atoms with E-state index in [9.17, 15) is 0 Å². The number of rotatable bonds is 5. The Morgan fingerprint density at radius 2 is 2.17 bits per heavy atom. The van der Waals surface area contributed by atoms with Crippen molar-refractivity contribution in [2.75, 3.05) is 0 Å². The minimum absolute atomic E-state index is 0.127. The minimum Gasteiger partial charge on any atom is -0.490 e. The summed E-state index contributed by atoms with van der Waals surface area (Å²) in [6.07, 6.45) is 1.08. The van der Waals surface area contributed by atoms with Crippen LogP contribution in [0, 0.1) is 0 Å². The van der Waals surface area contributed by atoms with Gasteiger partial charge in [-0.05, 0) is 25.5 Å². The zero-order valence-electron chi connectivity index (χ0n) is 10.6. The van der Waals surface area contributed by atoms with Crippen LogP contribution in [0.2, 0.25) is 0 Å². The molecule has 0 bridgehead atoms. The van der Waals surface area contributed by atoms with Crippen molar-refractivity contribution in [1.29, 1.82) is 0 Å². The zero-order valence-corrected chi connectivity index (χ0v) is 10.6. The summed E-state index contributed by atoms with van der Waals surface area (Å²) in [4.78, 5) is 0. The number of para-hydroxylation sites is 1. The second-order valence-electron chi connectivity index (χ2n) is 4.17. The fourth-order valence-corrected chi connectivity index (χ4v) is 1.59. The summed E-state index contributed by atoms with van der Waals surface area (Å²) in [6.45, 7) is 3.97. The van der Waals surface area contributed by atoms with Crippen LogP contribution >= 0.6 is 0 Å². The van der Waals surface area contributed by atoms with Gasteiger partial charge in [0.15, 0.2) is 5.76 Å². The average molecular weight is 247 g/mol. The Kier molecular flexibility index (Phi) is 3.99. The first kappa shape index (κ1) is 12.6. The molecule has 1 aromatic carbocycles. The maximum atomic E-state index is 9.00. The van der Waals surface area contributed by atoms with Crippen molar-refractivity contribution < 1.29 is 14.4 Å². The first-order valence-corrected chi connectivity index (χ1v) is 6.07. The Hall–Kier alpha value is -1.81. The van der Waals surface area contributed by atoms with Gasteiger partial charge in [-0.25, -0.2) is 0 Å². The maximum absolute atomic E-state index is 9.00. The lowest BCUT2D eigenvalue weighted by molar-refractivity contribution is 0.218. The van der Waals surface area contributed by atoms with E-state index < -0.39 is 0 Å². The molecule has 0 fully saturated rings. The Morgan fingerprint density at radius 1 is 1.39 bits per heavy atom. The maximum Gasteiger partial charge on any atom is 0.170 e. The average Bonchev–Trinajstić information content (AvgIpc) is 2.88. The van der Waals surface area contributed by atoms with Crippen molar-refractivity contribution in [3.8, 4) is 17.1 Å². The van der Waals surface area contributed by atoms with Gasteiger partial charge in [0.1, 0.15) is 11.4 Å². The number of aliphatic hydroxyl groups is 1. The van der Waals surface area contributed by atoms with Gasteiger partial charge in [-0.15, -0.1) is 0 Å². The molecule has 0 aliphatic heterocycles. The molecule has 0 saturated heterocycles. The largest absolute Gasteiger partial charge is 0.490 e. The predicted octanol–water partition coefficient (Wildman–Crippen LogP) is 3.01. The second-order valence-corrected chi connectivity index (χ2v) is 4.17. The van der Waals surface area contributed by atoms with E-state index in [1.165, 1.54) is 0 Å². The summed E-state index contributed by atoms with van der Waals surface area (Å²) < 4.78 is 11.0. The van der Waals surface area contributed by atoms with Crippen LogP contribution in [0.5, 0.6) is 5.75 Å². The summed E-state index contributed by atoms with van der Waals surface area (Å²) in [5, 5.41) is 12.8. The first-order valence-electron chi connectivity index (χ1n) is 6.07. The lowest BCUT2D eigenvalue weighted by Gasteiger charge is -2.14. The van der Waals surface area contributed by atoms with Crippen molar-refractivity contribution in [2.24, 2.45) is 0 Å². The highest BCUT2D eigenvalue weighted by molar-refractivity contribution is 5.65. The normalized spacial score (nSPS) is 12.4. The molecule has 1 heterocycles. The molecule has 4 nitrogen and oxygen atoms in total. The van der Waals surface area contributed by atoms with E-state index in [2.05, 4.69) is 12.1 Å². The third-order valence-electron chi connectivity index (χ3n) is 2.78. The number of aliphatic hydroxyl groups excluding tert-OH is 1. The van der Waals surface area contributed by atoms with Gasteiger partial charge in [-0.2, -0.15) is 0 Å². The smallest absolute Gasteiger partial charge is 0.170 e. The summed E-state index contributed by atoms with van der Waals surface area (Å²) >= 11 is 0. The molecule has 1 atom stereocenters. The fourth-order valence-electron chi connectivity index (χ4n) is 1.59. The van der Waals surface area contributed by atoms with Gasteiger partial charge in [-0.1, -0.05) is 24.2 Å². The van der Waals surface area contributed by atoms with Gasteiger partial charge < -0.3 is 14.4 Å². The molecule has 0 aliphatic rings. The third kappa shape index (κ3) is 2.71. The Bertz CT molecular complexity index is 507. The van der Waals surface area contributed by atoms with E-state index in [1.54, 1.807) is 6.07 Å². The van der Waals surface area contributed by atoms with Crippen LogP contribution in [0.3, 0.4) is 0 Å². The molecular formula is C14H17NO3. The Morgan fingerprint density at radius 3 is 2.83 bits per heavy atom. The molecule has 4 heteroatoms. The molecular weight excluding hydrogens is 230 g/mol. The van der Waals surface area contributed by atoms with Gasteiger partial charge in [-0.3, -0.25) is 0 Å². The number of hydrogen-bond donors (Lipinski definition) is 1. The molecule has 0 radical (unpaired) electrons. The summed E-state index contributed by atoms with van der Waals surface area (Å²) in [5.41, 5.74) is 1.37. The van der Waals surface area contributed by atoms with Crippen molar-refractivity contribution >= 4 is 0 Å². The van der Waals surface area contributed by atoms with Crippen molar-refractivity contribution in [1.82, 2.24) is 5.16 Å². The minimum atomic E-state index is -0.127. The monoisotopic (exact) mass is 247 g/mol. The van der Waals surface area contributed by atoms with Gasteiger partial charge in [0.05, 0.1) is 18.3 Å². The van der Waals surface area contributed by atoms with E-state index in [1.807, 2.05) is 31.2 Å². The molecule has 18 heavy (non-hydrogen) atoms. The number of aromatic nitrogens is 1. The van der Waals surface area contributed by atoms with E-state index >= 15 is 0 Å². The second kappa shape index (κ2) is 5.69. The molecule has 1 unspecified atom stereocenters. The first-order chi connectivity index (χ1) is 8.74. The predicted molar refractivity (Wildman–Crippen MR) is 68.2 cm³/mol. The lowest BCUT2D eigenvalue weighted by atomic mass is 10.1. The van der Waals surface area contributed by atoms with Crippen LogP contribution in [0.4, 0.5) is 0 Å². The highest BCUT2D eigenvalue weighted by Gasteiger charge is 2.13. The Labute approximate surface area is 106 Å². The topological polar surface area (TPSA) is 55.5 Å². The zero-order chi connectivity index (χ0) is 13.0. The van der Waals surface area contributed by atoms with Crippen LogP contribution in [0.15, 0.2) is 34.9 Å². The molecule has 2 rings (SSSR count). The fraction of sp³-hybridized carbons (Fsp3) is 0.357. The summed E-state index contributed by atoms with van der Waals surface area (Å²) in [6, 6.07) is 9.38. The Balaban J connectivity index is 2.32. The standard InChI is InChI=1S/C14H17NO3/c1-3-10(2)17-13-7-5-4-6-12(13)14-8-11(9-16)15-18-14/h4-8,10,16H,3,9H2,1-2H3. The molecule has 1 N–H and O–H groups in total. The van der Waals surface area contributed by atoms with Gasteiger partial charge in [0, 0.05) is 6.07 Å². The summed E-state index contributed by atoms with van der Waals surface area (Å²) in [7, 11) is 0. The van der Waals surface area contributed by atoms with E-state index in [-0.39, 0.29) is 12.7 Å². The van der Waals surface area contributed by atoms with Crippen molar-refractivity contribution in [2.45, 2.75) is 33.0 Å². The quantitative estimate of drug-likeness (QED) is 0.882. The molecule has 1 aromatic heterocycles.